The highest BCUT2D eigenvalue weighted by atomic mass is 16.5. The molecule has 0 radical (unpaired) electrons. The number of aromatic nitrogens is 1. The molecular formula is C12H20N2O3. The van der Waals surface area contributed by atoms with Crippen LogP contribution < -0.4 is 5.32 Å². The van der Waals surface area contributed by atoms with Crippen LogP contribution in [0.2, 0.25) is 0 Å². The summed E-state index contributed by atoms with van der Waals surface area (Å²) in [6.45, 7) is 4.54. The summed E-state index contributed by atoms with van der Waals surface area (Å²) in [5.41, 5.74) is 1.88. The number of hydrogen-bond acceptors (Lipinski definition) is 4. The highest BCUT2D eigenvalue weighted by molar-refractivity contribution is 5.76. The lowest BCUT2D eigenvalue weighted by molar-refractivity contribution is -0.121. The topological polar surface area (TPSA) is 75.4 Å². The third kappa shape index (κ3) is 4.56. The molecule has 96 valence electrons. The maximum atomic E-state index is 11.5. The van der Waals surface area contributed by atoms with Crippen molar-refractivity contribution in [3.05, 3.63) is 17.0 Å². The van der Waals surface area contributed by atoms with Gasteiger partial charge in [0.1, 0.15) is 5.76 Å². The first-order valence-electron chi connectivity index (χ1n) is 5.94. The van der Waals surface area contributed by atoms with Crippen molar-refractivity contribution in [3.63, 3.8) is 0 Å². The average molecular weight is 240 g/mol. The van der Waals surface area contributed by atoms with Crippen molar-refractivity contribution < 1.29 is 14.4 Å². The summed E-state index contributed by atoms with van der Waals surface area (Å²) in [6, 6.07) is 0. The van der Waals surface area contributed by atoms with Crippen LogP contribution in [0, 0.1) is 13.8 Å². The lowest BCUT2D eigenvalue weighted by atomic mass is 10.1. The number of carbonyl (C=O) groups excluding carboxylic acids is 1. The van der Waals surface area contributed by atoms with Crippen LogP contribution in [0.15, 0.2) is 4.52 Å². The number of unbranched alkanes of at least 4 members (excludes halogenated alkanes) is 1. The second kappa shape index (κ2) is 7.06. The van der Waals surface area contributed by atoms with E-state index in [2.05, 4.69) is 10.5 Å². The molecule has 2 N–H and O–H groups in total. The molecule has 5 nitrogen and oxygen atoms in total. The third-order valence-electron chi connectivity index (χ3n) is 2.69. The number of aliphatic hydroxyl groups is 1. The van der Waals surface area contributed by atoms with Crippen LogP contribution in [0.25, 0.3) is 0 Å². The summed E-state index contributed by atoms with van der Waals surface area (Å²) in [4.78, 5) is 11.5. The third-order valence-corrected chi connectivity index (χ3v) is 2.69. The van der Waals surface area contributed by atoms with E-state index in [1.807, 2.05) is 13.8 Å². The molecule has 0 aliphatic rings. The van der Waals surface area contributed by atoms with Crippen LogP contribution in [0.5, 0.6) is 0 Å². The Kier molecular flexibility index (Phi) is 5.69. The van der Waals surface area contributed by atoms with E-state index in [1.165, 1.54) is 0 Å². The molecule has 0 saturated carbocycles. The van der Waals surface area contributed by atoms with Crippen LogP contribution >= 0.6 is 0 Å². The quantitative estimate of drug-likeness (QED) is 0.700. The molecular weight excluding hydrogens is 220 g/mol. The van der Waals surface area contributed by atoms with Gasteiger partial charge in [-0.05, 0) is 33.1 Å². The SMILES string of the molecule is Cc1noc(C)c1CCC(=O)NCCCCO. The molecule has 0 atom stereocenters. The van der Waals surface area contributed by atoms with Crippen LogP contribution in [0.4, 0.5) is 0 Å². The Hall–Kier alpha value is -1.36. The maximum absolute atomic E-state index is 11.5. The van der Waals surface area contributed by atoms with Gasteiger partial charge >= 0.3 is 0 Å². The van der Waals surface area contributed by atoms with E-state index < -0.39 is 0 Å². The Bertz CT molecular complexity index is 341. The Morgan fingerprint density at radius 2 is 2.18 bits per heavy atom. The normalized spacial score (nSPS) is 10.5. The predicted molar refractivity (Wildman–Crippen MR) is 63.6 cm³/mol. The van der Waals surface area contributed by atoms with Gasteiger partial charge in [0.15, 0.2) is 0 Å². The van der Waals surface area contributed by atoms with Gasteiger partial charge in [-0.2, -0.15) is 0 Å². The molecule has 1 amide bonds. The van der Waals surface area contributed by atoms with Gasteiger partial charge in [0.25, 0.3) is 0 Å². The molecule has 0 saturated heterocycles. The lowest BCUT2D eigenvalue weighted by Crippen LogP contribution is -2.24. The number of aliphatic hydroxyl groups excluding tert-OH is 1. The number of nitrogens with zero attached hydrogens (tertiary/aromatic N) is 1. The molecule has 0 spiro atoms. The second-order valence-corrected chi connectivity index (χ2v) is 4.08. The summed E-state index contributed by atoms with van der Waals surface area (Å²) < 4.78 is 5.03. The van der Waals surface area contributed by atoms with Gasteiger partial charge in [-0.25, -0.2) is 0 Å². The molecule has 1 aromatic rings. The van der Waals surface area contributed by atoms with Gasteiger partial charge < -0.3 is 14.9 Å². The fourth-order valence-corrected chi connectivity index (χ4v) is 1.65. The Morgan fingerprint density at radius 1 is 1.41 bits per heavy atom. The number of amides is 1. The van der Waals surface area contributed by atoms with Crippen LogP contribution in [0.1, 0.15) is 36.3 Å². The molecule has 17 heavy (non-hydrogen) atoms. The van der Waals surface area contributed by atoms with E-state index in [9.17, 15) is 4.79 Å². The molecule has 1 rings (SSSR count). The van der Waals surface area contributed by atoms with E-state index >= 15 is 0 Å². The first-order valence-corrected chi connectivity index (χ1v) is 5.94. The molecule has 0 aliphatic heterocycles. The van der Waals surface area contributed by atoms with Crippen molar-refractivity contribution in [2.75, 3.05) is 13.2 Å². The van der Waals surface area contributed by atoms with Crippen molar-refractivity contribution in [3.8, 4) is 0 Å². The summed E-state index contributed by atoms with van der Waals surface area (Å²) >= 11 is 0. The molecule has 5 heteroatoms. The summed E-state index contributed by atoms with van der Waals surface area (Å²) in [5.74, 6) is 0.818. The van der Waals surface area contributed by atoms with Crippen LogP contribution in [0.3, 0.4) is 0 Å². The monoisotopic (exact) mass is 240 g/mol. The number of hydrogen-bond donors (Lipinski definition) is 2. The minimum absolute atomic E-state index is 0.0305. The Labute approximate surface area is 101 Å². The van der Waals surface area contributed by atoms with Crippen molar-refractivity contribution in [2.45, 2.75) is 39.5 Å². The summed E-state index contributed by atoms with van der Waals surface area (Å²) in [5, 5.41) is 15.3. The first-order chi connectivity index (χ1) is 8.15. The zero-order valence-corrected chi connectivity index (χ0v) is 10.5. The first kappa shape index (κ1) is 13.7. The highest BCUT2D eigenvalue weighted by Gasteiger charge is 2.10. The van der Waals surface area contributed by atoms with Crippen molar-refractivity contribution >= 4 is 5.91 Å². The Balaban J connectivity index is 2.24. The molecule has 1 aromatic heterocycles. The largest absolute Gasteiger partial charge is 0.396 e. The van der Waals surface area contributed by atoms with Crippen LogP contribution in [-0.2, 0) is 11.2 Å². The van der Waals surface area contributed by atoms with E-state index in [4.69, 9.17) is 9.63 Å². The van der Waals surface area contributed by atoms with Gasteiger partial charge in [-0.3, -0.25) is 4.79 Å². The van der Waals surface area contributed by atoms with Gasteiger partial charge in [-0.1, -0.05) is 5.16 Å². The van der Waals surface area contributed by atoms with Crippen molar-refractivity contribution in [1.82, 2.24) is 10.5 Å². The minimum atomic E-state index is 0.0305. The lowest BCUT2D eigenvalue weighted by Gasteiger charge is -2.04. The molecule has 0 aromatic carbocycles. The van der Waals surface area contributed by atoms with E-state index in [-0.39, 0.29) is 12.5 Å². The number of rotatable bonds is 7. The standard InChI is InChI=1S/C12H20N2O3/c1-9-11(10(2)17-14-9)5-6-12(16)13-7-3-4-8-15/h15H,3-8H2,1-2H3,(H,13,16). The fourth-order valence-electron chi connectivity index (χ4n) is 1.65. The van der Waals surface area contributed by atoms with Crippen molar-refractivity contribution in [1.29, 1.82) is 0 Å². The van der Waals surface area contributed by atoms with E-state index in [0.717, 1.165) is 29.9 Å². The van der Waals surface area contributed by atoms with Crippen molar-refractivity contribution in [2.24, 2.45) is 0 Å². The minimum Gasteiger partial charge on any atom is -0.396 e. The zero-order chi connectivity index (χ0) is 12.7. The van der Waals surface area contributed by atoms with E-state index in [1.54, 1.807) is 0 Å². The molecule has 0 fully saturated rings. The summed E-state index contributed by atoms with van der Waals surface area (Å²) in [7, 11) is 0. The number of nitrogens with one attached hydrogen (secondary N) is 1. The molecule has 0 bridgehead atoms. The van der Waals surface area contributed by atoms with Gasteiger partial charge in [0.2, 0.25) is 5.91 Å². The second-order valence-electron chi connectivity index (χ2n) is 4.08. The number of carbonyl (C=O) groups is 1. The smallest absolute Gasteiger partial charge is 0.220 e. The average Bonchev–Trinajstić information content (AvgIpc) is 2.62. The van der Waals surface area contributed by atoms with Gasteiger partial charge in [0.05, 0.1) is 5.69 Å². The van der Waals surface area contributed by atoms with Crippen LogP contribution in [-0.4, -0.2) is 29.3 Å². The van der Waals surface area contributed by atoms with Gasteiger partial charge in [-0.15, -0.1) is 0 Å². The molecule has 0 unspecified atom stereocenters. The number of aryl methyl sites for hydroxylation is 2. The van der Waals surface area contributed by atoms with Gasteiger partial charge in [0, 0.05) is 25.1 Å². The van der Waals surface area contributed by atoms with E-state index in [0.29, 0.717) is 19.4 Å². The summed E-state index contributed by atoms with van der Waals surface area (Å²) in [6.07, 6.45) is 2.65. The molecule has 1 heterocycles. The molecule has 0 aliphatic carbocycles. The Morgan fingerprint density at radius 3 is 2.76 bits per heavy atom. The zero-order valence-electron chi connectivity index (χ0n) is 10.5. The highest BCUT2D eigenvalue weighted by Crippen LogP contribution is 2.13. The fraction of sp³-hybridized carbons (Fsp3) is 0.667. The maximum Gasteiger partial charge on any atom is 0.220 e. The predicted octanol–water partition coefficient (Wildman–Crippen LogP) is 1.11.